The van der Waals surface area contributed by atoms with Crippen molar-refractivity contribution < 1.29 is 44.1 Å². The van der Waals surface area contributed by atoms with Crippen LogP contribution in [0, 0.1) is 34.5 Å². The third-order valence-electron chi connectivity index (χ3n) is 8.51. The van der Waals surface area contributed by atoms with Crippen molar-refractivity contribution in [3.05, 3.63) is 0 Å². The fourth-order valence-electron chi connectivity index (χ4n) is 6.45. The van der Waals surface area contributed by atoms with Gasteiger partial charge >= 0.3 is 23.9 Å². The SMILES string of the molecule is CC(C(=O)O)C(C(=O)O)C(C)(C)CC(C(=O)O)C(C(=O)NCCNC(=O)CCCCC1SCC2NC(=O)NC21)C(C)(C)C. The van der Waals surface area contributed by atoms with Gasteiger partial charge in [-0.1, -0.05) is 48.0 Å². The molecule has 43 heavy (non-hydrogen) atoms. The van der Waals surface area contributed by atoms with Gasteiger partial charge in [-0.2, -0.15) is 11.8 Å². The monoisotopic (exact) mass is 628 g/mol. The summed E-state index contributed by atoms with van der Waals surface area (Å²) in [6.45, 7) is 9.70. The molecule has 0 aromatic rings. The van der Waals surface area contributed by atoms with Crippen molar-refractivity contribution in [3.63, 3.8) is 0 Å². The van der Waals surface area contributed by atoms with Crippen LogP contribution in [0.3, 0.4) is 0 Å². The number of amides is 4. The van der Waals surface area contributed by atoms with Crippen LogP contribution in [-0.4, -0.2) is 87.2 Å². The number of nitrogens with one attached hydrogen (secondary N) is 4. The van der Waals surface area contributed by atoms with Gasteiger partial charge in [0.1, 0.15) is 0 Å². The Hall–Kier alpha value is -3.03. The van der Waals surface area contributed by atoms with E-state index >= 15 is 0 Å². The van der Waals surface area contributed by atoms with Gasteiger partial charge in [0.15, 0.2) is 0 Å². The van der Waals surface area contributed by atoms with Gasteiger partial charge in [-0.15, -0.1) is 0 Å². The highest BCUT2D eigenvalue weighted by Crippen LogP contribution is 2.44. The van der Waals surface area contributed by atoms with Crippen LogP contribution < -0.4 is 21.3 Å². The van der Waals surface area contributed by atoms with E-state index in [-0.39, 0.29) is 43.5 Å². The molecule has 0 spiro atoms. The van der Waals surface area contributed by atoms with E-state index in [0.717, 1.165) is 18.6 Å². The van der Waals surface area contributed by atoms with E-state index in [0.29, 0.717) is 18.1 Å². The molecule has 7 unspecified atom stereocenters. The van der Waals surface area contributed by atoms with Crippen LogP contribution in [0.1, 0.15) is 73.6 Å². The lowest BCUT2D eigenvalue weighted by Gasteiger charge is -2.40. The molecule has 2 heterocycles. The third-order valence-corrected chi connectivity index (χ3v) is 10.0. The summed E-state index contributed by atoms with van der Waals surface area (Å²) in [4.78, 5) is 73.2. The van der Waals surface area contributed by atoms with Crippen LogP contribution in [0.15, 0.2) is 0 Å². The smallest absolute Gasteiger partial charge is 0.315 e. The van der Waals surface area contributed by atoms with Crippen molar-refractivity contribution in [2.75, 3.05) is 18.8 Å². The number of aliphatic carboxylic acids is 3. The van der Waals surface area contributed by atoms with Gasteiger partial charge in [-0.3, -0.25) is 24.0 Å². The first-order valence-corrected chi connectivity index (χ1v) is 15.8. The number of urea groups is 1. The van der Waals surface area contributed by atoms with Crippen molar-refractivity contribution >= 4 is 47.5 Å². The normalized spacial score (nSPS) is 22.7. The van der Waals surface area contributed by atoms with Gasteiger partial charge in [0.25, 0.3) is 0 Å². The molecule has 0 aliphatic carbocycles. The molecule has 7 atom stereocenters. The Bertz CT molecular complexity index is 1060. The Morgan fingerprint density at radius 3 is 2.09 bits per heavy atom. The van der Waals surface area contributed by atoms with Gasteiger partial charge in [0, 0.05) is 30.5 Å². The lowest BCUT2D eigenvalue weighted by atomic mass is 9.62. The minimum atomic E-state index is -1.37. The highest BCUT2D eigenvalue weighted by Gasteiger charge is 2.49. The van der Waals surface area contributed by atoms with Crippen molar-refractivity contribution in [2.24, 2.45) is 34.5 Å². The highest BCUT2D eigenvalue weighted by atomic mass is 32.2. The van der Waals surface area contributed by atoms with E-state index in [2.05, 4.69) is 21.3 Å². The standard InChI is InChI=1S/C29H48N4O9S/c1-15(24(36)37)20(26(40)41)29(5,6)13-16(25(38)39)21(28(2,3)4)23(35)31-12-11-30-19(34)10-8-7-9-18-22-17(14-43-18)32-27(42)33-22/h15-18,20-22H,7-14H2,1-6H3,(H,30,34)(H,31,35)(H,36,37)(H,38,39)(H,40,41)(H2,32,33,42). The average Bonchev–Trinajstić information content (AvgIpc) is 3.41. The molecule has 2 aliphatic heterocycles. The summed E-state index contributed by atoms with van der Waals surface area (Å²) in [5.74, 6) is -8.72. The van der Waals surface area contributed by atoms with Gasteiger partial charge in [0.2, 0.25) is 11.8 Å². The zero-order chi connectivity index (χ0) is 32.7. The Morgan fingerprint density at radius 1 is 0.907 bits per heavy atom. The van der Waals surface area contributed by atoms with E-state index in [1.807, 2.05) is 11.8 Å². The predicted octanol–water partition coefficient (Wildman–Crippen LogP) is 2.15. The molecule has 0 aromatic heterocycles. The molecular formula is C29H48N4O9S. The van der Waals surface area contributed by atoms with Crippen molar-refractivity contribution in [1.82, 2.24) is 21.3 Å². The second kappa shape index (κ2) is 15.1. The molecule has 2 fully saturated rings. The quantitative estimate of drug-likeness (QED) is 0.0921. The van der Waals surface area contributed by atoms with Gasteiger partial charge < -0.3 is 36.6 Å². The Morgan fingerprint density at radius 2 is 1.53 bits per heavy atom. The molecule has 2 aliphatic rings. The molecule has 0 radical (unpaired) electrons. The molecule has 0 bridgehead atoms. The van der Waals surface area contributed by atoms with Crippen LogP contribution >= 0.6 is 11.8 Å². The first-order valence-electron chi connectivity index (χ1n) is 14.8. The maximum Gasteiger partial charge on any atom is 0.315 e. The summed E-state index contributed by atoms with van der Waals surface area (Å²) in [5.41, 5.74) is -2.08. The number of carboxylic acids is 3. The molecule has 7 N–H and O–H groups in total. The van der Waals surface area contributed by atoms with Gasteiger partial charge in [0.05, 0.1) is 35.8 Å². The Balaban J connectivity index is 1.88. The largest absolute Gasteiger partial charge is 0.481 e. The van der Waals surface area contributed by atoms with Crippen LogP contribution in [-0.2, 0) is 24.0 Å². The van der Waals surface area contributed by atoms with Crippen LogP contribution in [0.2, 0.25) is 0 Å². The first kappa shape index (κ1) is 36.2. The van der Waals surface area contributed by atoms with Crippen molar-refractivity contribution in [3.8, 4) is 0 Å². The molecule has 0 aromatic carbocycles. The fraction of sp³-hybridized carbons (Fsp3) is 0.793. The number of rotatable bonds is 17. The fourth-order valence-corrected chi connectivity index (χ4v) is 7.99. The summed E-state index contributed by atoms with van der Waals surface area (Å²) in [6.07, 6.45) is 2.52. The Kier molecular flexibility index (Phi) is 12.7. The topological polar surface area (TPSA) is 211 Å². The van der Waals surface area contributed by atoms with Crippen LogP contribution in [0.25, 0.3) is 0 Å². The van der Waals surface area contributed by atoms with Gasteiger partial charge in [-0.05, 0) is 30.1 Å². The molecule has 13 nitrogen and oxygen atoms in total. The van der Waals surface area contributed by atoms with E-state index < -0.39 is 58.3 Å². The molecule has 244 valence electrons. The summed E-state index contributed by atoms with van der Waals surface area (Å²) in [7, 11) is 0. The molecular weight excluding hydrogens is 580 g/mol. The van der Waals surface area contributed by atoms with Gasteiger partial charge in [-0.25, -0.2) is 4.79 Å². The minimum Gasteiger partial charge on any atom is -0.481 e. The summed E-state index contributed by atoms with van der Waals surface area (Å²) in [5, 5.41) is 41.1. The summed E-state index contributed by atoms with van der Waals surface area (Å²) in [6, 6.07) is 0.170. The van der Waals surface area contributed by atoms with E-state index in [1.165, 1.54) is 20.8 Å². The number of carbonyl (C=O) groups excluding carboxylic acids is 3. The summed E-state index contributed by atoms with van der Waals surface area (Å²) >= 11 is 1.83. The molecule has 4 amide bonds. The number of fused-ring (bicyclic) bond motifs is 1. The van der Waals surface area contributed by atoms with E-state index in [1.54, 1.807) is 20.8 Å². The average molecular weight is 629 g/mol. The lowest BCUT2D eigenvalue weighted by molar-refractivity contribution is -0.161. The lowest BCUT2D eigenvalue weighted by Crippen LogP contribution is -2.49. The number of hydrogen-bond donors (Lipinski definition) is 7. The van der Waals surface area contributed by atoms with Crippen molar-refractivity contribution in [2.45, 2.75) is 91.0 Å². The Labute approximate surface area is 257 Å². The highest BCUT2D eigenvalue weighted by molar-refractivity contribution is 8.00. The minimum absolute atomic E-state index is 0.0785. The van der Waals surface area contributed by atoms with Crippen LogP contribution in [0.5, 0.6) is 0 Å². The van der Waals surface area contributed by atoms with E-state index in [4.69, 9.17) is 0 Å². The predicted molar refractivity (Wildman–Crippen MR) is 160 cm³/mol. The molecule has 14 heteroatoms. The third kappa shape index (κ3) is 10.0. The molecule has 2 rings (SSSR count). The molecule has 2 saturated heterocycles. The van der Waals surface area contributed by atoms with Crippen molar-refractivity contribution in [1.29, 1.82) is 0 Å². The number of hydrogen-bond acceptors (Lipinski definition) is 7. The second-order valence-electron chi connectivity index (χ2n) is 13.4. The number of thioether (sulfide) groups is 1. The number of carbonyl (C=O) groups is 6. The number of unbranched alkanes of at least 4 members (excludes halogenated alkanes) is 1. The maximum atomic E-state index is 13.3. The zero-order valence-electron chi connectivity index (χ0n) is 25.9. The molecule has 0 saturated carbocycles. The second-order valence-corrected chi connectivity index (χ2v) is 14.7. The summed E-state index contributed by atoms with van der Waals surface area (Å²) < 4.78 is 0. The van der Waals surface area contributed by atoms with Crippen LogP contribution in [0.4, 0.5) is 4.79 Å². The zero-order valence-corrected chi connectivity index (χ0v) is 26.7. The maximum absolute atomic E-state index is 13.3. The number of carboxylic acid groups (broad SMARTS) is 3. The van der Waals surface area contributed by atoms with E-state index in [9.17, 15) is 44.1 Å². The first-order chi connectivity index (χ1) is 19.9.